The third-order valence-corrected chi connectivity index (χ3v) is 11.2. The predicted octanol–water partition coefficient (Wildman–Crippen LogP) is 7.10. The Balaban J connectivity index is 0.983. The molecule has 2 aromatic heterocycles. The van der Waals surface area contributed by atoms with Gasteiger partial charge in [-0.25, -0.2) is 19.6 Å². The number of methoxy groups -OCH3 is 1. The molecule has 4 heterocycles. The number of amides is 3. The van der Waals surface area contributed by atoms with Crippen LogP contribution in [0.5, 0.6) is 0 Å². The van der Waals surface area contributed by atoms with Crippen molar-refractivity contribution in [2.45, 2.75) is 102 Å². The Morgan fingerprint density at radius 1 is 0.904 bits per heavy atom. The lowest BCUT2D eigenvalue weighted by Crippen LogP contribution is -2.46. The van der Waals surface area contributed by atoms with Gasteiger partial charge < -0.3 is 29.7 Å². The topological polar surface area (TPSA) is 146 Å². The molecule has 3 fully saturated rings. The molecule has 2 aliphatic carbocycles. The normalized spacial score (nSPS) is 22.6. The number of carbonyl (C=O) groups is 3. The van der Waals surface area contributed by atoms with E-state index in [1.54, 1.807) is 11.8 Å². The van der Waals surface area contributed by atoms with Crippen LogP contribution in [0.15, 0.2) is 48.8 Å². The summed E-state index contributed by atoms with van der Waals surface area (Å²) in [5.41, 5.74) is 8.52. The minimum atomic E-state index is -0.692. The molecule has 2 aromatic carbocycles. The molecule has 1 saturated carbocycles. The molecule has 4 aromatic rings. The van der Waals surface area contributed by atoms with Gasteiger partial charge in [-0.2, -0.15) is 0 Å². The van der Waals surface area contributed by atoms with E-state index in [-0.39, 0.29) is 30.1 Å². The molecule has 4 aliphatic rings. The maximum Gasteiger partial charge on any atom is 0.411 e. The number of nitrogens with one attached hydrogen (secondary N) is 3. The molecule has 12 heteroatoms. The lowest BCUT2D eigenvalue weighted by Gasteiger charge is -2.35. The van der Waals surface area contributed by atoms with Crippen molar-refractivity contribution in [1.29, 1.82) is 0 Å². The molecule has 5 atom stereocenters. The van der Waals surface area contributed by atoms with Gasteiger partial charge in [0.1, 0.15) is 23.3 Å². The number of nitrogens with zero attached hydrogens (tertiary/aromatic N) is 4. The number of aryl methyl sites for hydroxylation is 2. The van der Waals surface area contributed by atoms with Gasteiger partial charge in [-0.1, -0.05) is 24.3 Å². The van der Waals surface area contributed by atoms with Gasteiger partial charge >= 0.3 is 12.2 Å². The highest BCUT2D eigenvalue weighted by Gasteiger charge is 2.51. The fourth-order valence-electron chi connectivity index (χ4n) is 8.80. The van der Waals surface area contributed by atoms with Crippen molar-refractivity contribution in [3.05, 3.63) is 71.6 Å². The third-order valence-electron chi connectivity index (χ3n) is 11.2. The number of benzene rings is 2. The molecular formula is C40H47N7O5. The van der Waals surface area contributed by atoms with E-state index in [4.69, 9.17) is 14.7 Å². The van der Waals surface area contributed by atoms with E-state index in [0.29, 0.717) is 12.5 Å². The lowest BCUT2D eigenvalue weighted by molar-refractivity contribution is -0.134. The van der Waals surface area contributed by atoms with E-state index in [1.165, 1.54) is 29.4 Å². The minimum absolute atomic E-state index is 0.0920. The Morgan fingerprint density at radius 3 is 2.17 bits per heavy atom. The zero-order valence-corrected chi connectivity index (χ0v) is 30.5. The SMILES string of the molecule is COC(=O)N[C@@H](C)C(=O)N1CCC[C@H]1c1ncc(-c2ccc3c(c2)CCc2cc(-c4cnc([C@@H]5[C@H]6CC[C@H](C6)N5C(=O)OC(C)(C)C)[nH]4)ccc2-3)[nH]1. The number of hydrogen-bond donors (Lipinski definition) is 3. The van der Waals surface area contributed by atoms with E-state index in [0.717, 1.165) is 79.1 Å². The highest BCUT2D eigenvalue weighted by atomic mass is 16.6. The molecule has 272 valence electrons. The van der Waals surface area contributed by atoms with Gasteiger partial charge in [-0.3, -0.25) is 9.69 Å². The molecule has 0 radical (unpaired) electrons. The maximum absolute atomic E-state index is 13.2. The smallest absolute Gasteiger partial charge is 0.411 e. The average Bonchev–Trinajstić information content (AvgIpc) is 3.97. The number of ether oxygens (including phenoxy) is 2. The molecule has 0 spiro atoms. The number of piperidine rings is 1. The van der Waals surface area contributed by atoms with Crippen LogP contribution in [0.2, 0.25) is 0 Å². The summed E-state index contributed by atoms with van der Waals surface area (Å²) >= 11 is 0. The van der Waals surface area contributed by atoms with Crippen molar-refractivity contribution in [1.82, 2.24) is 35.1 Å². The molecule has 2 aliphatic heterocycles. The molecule has 8 rings (SSSR count). The Morgan fingerprint density at radius 2 is 1.54 bits per heavy atom. The van der Waals surface area contributed by atoms with Gasteiger partial charge in [0.05, 0.1) is 43.0 Å². The fourth-order valence-corrected chi connectivity index (χ4v) is 8.80. The van der Waals surface area contributed by atoms with Crippen LogP contribution in [-0.2, 0) is 27.1 Å². The number of H-pyrrole nitrogens is 2. The van der Waals surface area contributed by atoms with Crippen LogP contribution in [0.3, 0.4) is 0 Å². The van der Waals surface area contributed by atoms with Crippen molar-refractivity contribution >= 4 is 18.1 Å². The molecule has 2 saturated heterocycles. The maximum atomic E-state index is 13.2. The summed E-state index contributed by atoms with van der Waals surface area (Å²) < 4.78 is 10.5. The van der Waals surface area contributed by atoms with Crippen molar-refractivity contribution in [2.75, 3.05) is 13.7 Å². The van der Waals surface area contributed by atoms with Gasteiger partial charge in [0.25, 0.3) is 0 Å². The Kier molecular flexibility index (Phi) is 8.58. The van der Waals surface area contributed by atoms with Gasteiger partial charge in [0.15, 0.2) is 0 Å². The minimum Gasteiger partial charge on any atom is -0.453 e. The van der Waals surface area contributed by atoms with Crippen LogP contribution >= 0.6 is 0 Å². The number of carbonyl (C=O) groups excluding carboxylic acids is 3. The molecule has 52 heavy (non-hydrogen) atoms. The highest BCUT2D eigenvalue weighted by molar-refractivity contribution is 5.86. The second-order valence-electron chi connectivity index (χ2n) is 15.7. The number of hydrogen-bond acceptors (Lipinski definition) is 7. The predicted molar refractivity (Wildman–Crippen MR) is 195 cm³/mol. The number of alkyl carbamates (subject to hydrolysis) is 1. The van der Waals surface area contributed by atoms with Gasteiger partial charge in [0.2, 0.25) is 5.91 Å². The summed E-state index contributed by atoms with van der Waals surface area (Å²) in [7, 11) is 1.28. The Bertz CT molecular complexity index is 2030. The molecule has 2 bridgehead atoms. The van der Waals surface area contributed by atoms with Gasteiger partial charge in [0, 0.05) is 12.6 Å². The highest BCUT2D eigenvalue weighted by Crippen LogP contribution is 2.50. The monoisotopic (exact) mass is 705 g/mol. The molecule has 3 amide bonds. The Hall–Kier alpha value is -5.13. The number of imidazole rings is 2. The summed E-state index contributed by atoms with van der Waals surface area (Å²) in [5, 5.41) is 2.58. The number of aromatic nitrogens is 4. The summed E-state index contributed by atoms with van der Waals surface area (Å²) in [6.07, 6.45) is 9.50. The first kappa shape index (κ1) is 34.0. The first-order valence-electron chi connectivity index (χ1n) is 18.5. The zero-order chi connectivity index (χ0) is 36.3. The standard InChI is InChI=1S/C40H47N7O5/c1-22(43-38(49)51-5)37(48)46-16-6-7-33(46)35-41-20-31(44-35)25-11-14-29-23(17-25)8-9-24-18-26(12-15-30(24)29)32-21-42-36(45-32)34-27-10-13-28(19-27)47(34)39(50)52-40(2,3)4/h11-12,14-15,17-18,20-22,27-28,33-34H,6-10,13,16,19H2,1-5H3,(H,41,44)(H,42,45)(H,43,49)/t22-,27-,28+,33-,34-/m0/s1. The van der Waals surface area contributed by atoms with E-state index in [1.807, 2.05) is 38.1 Å². The van der Waals surface area contributed by atoms with Crippen molar-refractivity contribution in [3.63, 3.8) is 0 Å². The van der Waals surface area contributed by atoms with Crippen molar-refractivity contribution < 1.29 is 23.9 Å². The summed E-state index contributed by atoms with van der Waals surface area (Å²) in [6, 6.07) is 12.5. The number of rotatable bonds is 6. The number of aromatic amines is 2. The second kappa shape index (κ2) is 13.1. The van der Waals surface area contributed by atoms with Crippen LogP contribution in [0.25, 0.3) is 33.6 Å². The van der Waals surface area contributed by atoms with Crippen LogP contribution < -0.4 is 5.32 Å². The van der Waals surface area contributed by atoms with E-state index >= 15 is 0 Å². The number of fused-ring (bicyclic) bond motifs is 5. The molecule has 3 N–H and O–H groups in total. The Labute approximate surface area is 303 Å². The van der Waals surface area contributed by atoms with Crippen molar-refractivity contribution in [3.8, 4) is 33.6 Å². The quantitative estimate of drug-likeness (QED) is 0.194. The van der Waals surface area contributed by atoms with Crippen LogP contribution in [0.1, 0.15) is 94.7 Å². The van der Waals surface area contributed by atoms with Crippen LogP contribution in [-0.4, -0.2) is 79.2 Å². The summed E-state index contributed by atoms with van der Waals surface area (Å²) in [4.78, 5) is 58.4. The molecule has 12 nitrogen and oxygen atoms in total. The van der Waals surface area contributed by atoms with E-state index < -0.39 is 17.7 Å². The zero-order valence-electron chi connectivity index (χ0n) is 30.5. The van der Waals surface area contributed by atoms with Crippen LogP contribution in [0, 0.1) is 5.92 Å². The van der Waals surface area contributed by atoms with Crippen molar-refractivity contribution in [2.24, 2.45) is 5.92 Å². The average molecular weight is 706 g/mol. The largest absolute Gasteiger partial charge is 0.453 e. The summed E-state index contributed by atoms with van der Waals surface area (Å²) in [5.74, 6) is 1.83. The lowest BCUT2D eigenvalue weighted by atomic mass is 9.83. The molecule has 0 unspecified atom stereocenters. The fraction of sp³-hybridized carbons (Fsp3) is 0.475. The molecular weight excluding hydrogens is 658 g/mol. The first-order valence-corrected chi connectivity index (χ1v) is 18.5. The summed E-state index contributed by atoms with van der Waals surface area (Å²) in [6.45, 7) is 8.02. The second-order valence-corrected chi connectivity index (χ2v) is 15.7. The van der Waals surface area contributed by atoms with E-state index in [9.17, 15) is 14.4 Å². The van der Waals surface area contributed by atoms with Gasteiger partial charge in [-0.15, -0.1) is 0 Å². The van der Waals surface area contributed by atoms with Gasteiger partial charge in [-0.05, 0) is 124 Å². The first-order chi connectivity index (χ1) is 25.0. The van der Waals surface area contributed by atoms with Crippen LogP contribution in [0.4, 0.5) is 9.59 Å². The van der Waals surface area contributed by atoms with E-state index in [2.05, 4.69) is 56.4 Å². The third kappa shape index (κ3) is 6.22. The number of likely N-dealkylation sites (tertiary alicyclic amines) is 2.